The first-order chi connectivity index (χ1) is 2.91. The average molecular weight is 101 g/mol. The Bertz CT molecular complexity index is 58.6. The van der Waals surface area contributed by atoms with Crippen LogP contribution in [-0.2, 0) is 0 Å². The number of hydrogen-bond acceptors (Lipinski definition) is 1. The second kappa shape index (κ2) is 4.84. The SMILES string of the molecule is C=CN=CCP. The maximum atomic E-state index is 3.71. The number of rotatable bonds is 2. The monoisotopic (exact) mass is 101 g/mol. The largest absolute Gasteiger partial charge is 0.269 e. The topological polar surface area (TPSA) is 12.4 Å². The summed E-state index contributed by atoms with van der Waals surface area (Å²) >= 11 is 0. The Labute approximate surface area is 40.4 Å². The van der Waals surface area contributed by atoms with Gasteiger partial charge in [0, 0.05) is 12.4 Å². The lowest BCUT2D eigenvalue weighted by Gasteiger charge is -1.68. The summed E-state index contributed by atoms with van der Waals surface area (Å²) in [5, 5.41) is 0. The third-order valence-electron chi connectivity index (χ3n) is 0.316. The molecule has 0 rings (SSSR count). The summed E-state index contributed by atoms with van der Waals surface area (Å²) in [6, 6.07) is 0. The molecule has 0 spiro atoms. The van der Waals surface area contributed by atoms with Crippen molar-refractivity contribution in [2.75, 3.05) is 6.16 Å². The molecule has 0 aliphatic carbocycles. The molecule has 1 nitrogen and oxygen atoms in total. The van der Waals surface area contributed by atoms with E-state index in [0.717, 1.165) is 6.16 Å². The van der Waals surface area contributed by atoms with Gasteiger partial charge < -0.3 is 0 Å². The normalized spacial score (nSPS) is 9.50. The van der Waals surface area contributed by atoms with E-state index in [4.69, 9.17) is 0 Å². The summed E-state index contributed by atoms with van der Waals surface area (Å²) < 4.78 is 0. The number of nitrogens with zero attached hydrogens (tertiary/aromatic N) is 1. The smallest absolute Gasteiger partial charge is 0.0192 e. The van der Waals surface area contributed by atoms with E-state index in [9.17, 15) is 0 Å². The van der Waals surface area contributed by atoms with Crippen molar-refractivity contribution in [3.8, 4) is 0 Å². The van der Waals surface area contributed by atoms with E-state index >= 15 is 0 Å². The zero-order valence-electron chi connectivity index (χ0n) is 3.59. The molecule has 0 radical (unpaired) electrons. The molecule has 0 aromatic carbocycles. The van der Waals surface area contributed by atoms with Crippen LogP contribution >= 0.6 is 9.24 Å². The highest BCUT2D eigenvalue weighted by Gasteiger charge is 1.55. The van der Waals surface area contributed by atoms with E-state index < -0.39 is 0 Å². The average Bonchev–Trinajstić information content (AvgIpc) is 1.61. The molecule has 0 aliphatic rings. The molecule has 6 heavy (non-hydrogen) atoms. The summed E-state index contributed by atoms with van der Waals surface area (Å²) in [4.78, 5) is 3.71. The Morgan fingerprint density at radius 2 is 2.50 bits per heavy atom. The van der Waals surface area contributed by atoms with E-state index in [1.54, 1.807) is 6.21 Å². The summed E-state index contributed by atoms with van der Waals surface area (Å²) in [7, 11) is 2.53. The van der Waals surface area contributed by atoms with Crippen molar-refractivity contribution in [3.63, 3.8) is 0 Å². The molecular formula is C4H8NP. The van der Waals surface area contributed by atoms with Gasteiger partial charge in [-0.3, -0.25) is 4.99 Å². The second-order valence-electron chi connectivity index (χ2n) is 0.750. The van der Waals surface area contributed by atoms with E-state index in [1.807, 2.05) is 0 Å². The van der Waals surface area contributed by atoms with Crippen molar-refractivity contribution in [1.29, 1.82) is 0 Å². The van der Waals surface area contributed by atoms with E-state index in [2.05, 4.69) is 20.8 Å². The van der Waals surface area contributed by atoms with Crippen LogP contribution < -0.4 is 0 Å². The first-order valence-corrected chi connectivity index (χ1v) is 2.56. The van der Waals surface area contributed by atoms with Crippen LogP contribution in [0.3, 0.4) is 0 Å². The predicted molar refractivity (Wildman–Crippen MR) is 33.3 cm³/mol. The molecule has 0 amide bonds. The van der Waals surface area contributed by atoms with Crippen LogP contribution in [-0.4, -0.2) is 12.4 Å². The fraction of sp³-hybridized carbons (Fsp3) is 0.250. The van der Waals surface area contributed by atoms with Crippen molar-refractivity contribution < 1.29 is 0 Å². The highest BCUT2D eigenvalue weighted by molar-refractivity contribution is 7.17. The van der Waals surface area contributed by atoms with Crippen LogP contribution in [0.1, 0.15) is 0 Å². The minimum absolute atomic E-state index is 0.909. The van der Waals surface area contributed by atoms with Gasteiger partial charge in [0.1, 0.15) is 0 Å². The van der Waals surface area contributed by atoms with Gasteiger partial charge in [-0.15, -0.1) is 9.24 Å². The minimum atomic E-state index is 0.909. The second-order valence-corrected chi connectivity index (χ2v) is 1.22. The number of aliphatic imine (C=N–C) groups is 1. The van der Waals surface area contributed by atoms with Gasteiger partial charge in [-0.1, -0.05) is 6.58 Å². The standard InChI is InChI=1S/C4H8NP/c1-2-5-3-4-6/h2-3H,1,4,6H2. The molecule has 2 heteroatoms. The highest BCUT2D eigenvalue weighted by Crippen LogP contribution is 1.72. The number of hydrogen-bond donors (Lipinski definition) is 0. The van der Waals surface area contributed by atoms with Crippen LogP contribution in [0.4, 0.5) is 0 Å². The Kier molecular flexibility index (Phi) is 4.71. The third-order valence-corrected chi connectivity index (χ3v) is 0.527. The maximum Gasteiger partial charge on any atom is 0.0192 e. The predicted octanol–water partition coefficient (Wildman–Crippen LogP) is 1.08. The molecule has 0 aliphatic heterocycles. The van der Waals surface area contributed by atoms with Gasteiger partial charge in [0.25, 0.3) is 0 Å². The Balaban J connectivity index is 2.94. The zero-order chi connectivity index (χ0) is 4.83. The molecule has 0 heterocycles. The molecule has 0 bridgehead atoms. The van der Waals surface area contributed by atoms with Crippen LogP contribution in [0.5, 0.6) is 0 Å². The van der Waals surface area contributed by atoms with Crippen LogP contribution in [0.25, 0.3) is 0 Å². The van der Waals surface area contributed by atoms with Crippen LogP contribution in [0.2, 0.25) is 0 Å². The molecule has 0 aromatic heterocycles. The minimum Gasteiger partial charge on any atom is -0.269 e. The molecule has 1 unspecified atom stereocenters. The summed E-state index contributed by atoms with van der Waals surface area (Å²) in [5.41, 5.74) is 0. The van der Waals surface area contributed by atoms with Crippen molar-refractivity contribution in [3.05, 3.63) is 12.8 Å². The lowest BCUT2D eigenvalue weighted by molar-refractivity contribution is 1.61. The van der Waals surface area contributed by atoms with Gasteiger partial charge in [0.2, 0.25) is 0 Å². The van der Waals surface area contributed by atoms with Gasteiger partial charge in [-0.2, -0.15) is 0 Å². The molecule has 0 saturated carbocycles. The van der Waals surface area contributed by atoms with E-state index in [0.29, 0.717) is 0 Å². The quantitative estimate of drug-likeness (QED) is 0.364. The van der Waals surface area contributed by atoms with E-state index in [1.165, 1.54) is 6.20 Å². The Morgan fingerprint density at radius 3 is 2.67 bits per heavy atom. The Hall–Kier alpha value is -0.160. The van der Waals surface area contributed by atoms with Gasteiger partial charge in [-0.05, 0) is 6.16 Å². The van der Waals surface area contributed by atoms with E-state index in [-0.39, 0.29) is 0 Å². The van der Waals surface area contributed by atoms with Gasteiger partial charge in [0.15, 0.2) is 0 Å². The van der Waals surface area contributed by atoms with Gasteiger partial charge >= 0.3 is 0 Å². The van der Waals surface area contributed by atoms with Crippen molar-refractivity contribution in [2.45, 2.75) is 0 Å². The molecule has 0 fully saturated rings. The molecule has 1 atom stereocenters. The lowest BCUT2D eigenvalue weighted by atomic mass is 10.8. The highest BCUT2D eigenvalue weighted by atomic mass is 31.0. The summed E-state index contributed by atoms with van der Waals surface area (Å²) in [5.74, 6) is 0. The first kappa shape index (κ1) is 5.84. The molecule has 34 valence electrons. The van der Waals surface area contributed by atoms with Crippen LogP contribution in [0, 0.1) is 0 Å². The van der Waals surface area contributed by atoms with Gasteiger partial charge in [-0.25, -0.2) is 0 Å². The molecular weight excluding hydrogens is 93.0 g/mol. The lowest BCUT2D eigenvalue weighted by Crippen LogP contribution is -1.65. The molecule has 0 N–H and O–H groups in total. The zero-order valence-corrected chi connectivity index (χ0v) is 4.75. The molecule has 0 aromatic rings. The van der Waals surface area contributed by atoms with Crippen molar-refractivity contribution >= 4 is 15.5 Å². The van der Waals surface area contributed by atoms with Crippen molar-refractivity contribution in [1.82, 2.24) is 0 Å². The summed E-state index contributed by atoms with van der Waals surface area (Å²) in [6.07, 6.45) is 4.20. The third kappa shape index (κ3) is 3.84. The molecule has 0 saturated heterocycles. The summed E-state index contributed by atoms with van der Waals surface area (Å²) in [6.45, 7) is 3.39. The Morgan fingerprint density at radius 1 is 1.83 bits per heavy atom. The van der Waals surface area contributed by atoms with Gasteiger partial charge in [0.05, 0.1) is 0 Å². The van der Waals surface area contributed by atoms with Crippen molar-refractivity contribution in [2.24, 2.45) is 4.99 Å². The first-order valence-electron chi connectivity index (χ1n) is 1.74. The fourth-order valence-corrected chi connectivity index (χ4v) is 0.257. The maximum absolute atomic E-state index is 3.71. The van der Waals surface area contributed by atoms with Crippen LogP contribution in [0.15, 0.2) is 17.8 Å². The fourth-order valence-electron chi connectivity index (χ4n) is 0.135.